The van der Waals surface area contributed by atoms with Crippen LogP contribution in [0.15, 0.2) is 48.5 Å². The Bertz CT molecular complexity index is 746. The molecule has 4 nitrogen and oxygen atoms in total. The zero-order chi connectivity index (χ0) is 18.5. The van der Waals surface area contributed by atoms with Crippen LogP contribution in [-0.2, 0) is 9.47 Å². The van der Waals surface area contributed by atoms with Crippen LogP contribution in [-0.4, -0.2) is 39.6 Å². The smallest absolute Gasteiger partial charge is 0.135 e. The molecule has 0 aliphatic heterocycles. The van der Waals surface area contributed by atoms with Crippen LogP contribution in [0.1, 0.15) is 13.8 Å². The summed E-state index contributed by atoms with van der Waals surface area (Å²) < 4.78 is 23.0. The third kappa shape index (κ3) is 3.76. The first-order valence-electron chi connectivity index (χ1n) is 8.90. The Hall–Kier alpha value is -2.30. The summed E-state index contributed by atoms with van der Waals surface area (Å²) in [6.07, 6.45) is -0.100. The minimum Gasteiger partial charge on any atom is -0.487 e. The summed E-state index contributed by atoms with van der Waals surface area (Å²) in [4.78, 5) is 0. The van der Waals surface area contributed by atoms with Crippen LogP contribution in [0.25, 0.3) is 21.5 Å². The molecule has 2 unspecified atom stereocenters. The molecular weight excluding hydrogens is 328 g/mol. The molecule has 3 aromatic carbocycles. The lowest BCUT2D eigenvalue weighted by atomic mass is 10.0. The summed E-state index contributed by atoms with van der Waals surface area (Å²) in [5, 5.41) is 4.14. The zero-order valence-electron chi connectivity index (χ0n) is 15.8. The molecule has 0 fully saturated rings. The summed E-state index contributed by atoms with van der Waals surface area (Å²) in [6.45, 7) is 5.09. The Labute approximate surface area is 154 Å². The molecule has 26 heavy (non-hydrogen) atoms. The van der Waals surface area contributed by atoms with Crippen molar-refractivity contribution in [3.8, 4) is 11.5 Å². The highest BCUT2D eigenvalue weighted by Gasteiger charge is 2.18. The van der Waals surface area contributed by atoms with Crippen LogP contribution in [0.4, 0.5) is 0 Å². The molecule has 3 rings (SSSR count). The second-order valence-electron chi connectivity index (χ2n) is 6.52. The molecule has 0 saturated carbocycles. The lowest BCUT2D eigenvalue weighted by Crippen LogP contribution is -2.19. The van der Waals surface area contributed by atoms with Gasteiger partial charge < -0.3 is 18.9 Å². The van der Waals surface area contributed by atoms with Crippen LogP contribution in [0.2, 0.25) is 0 Å². The summed E-state index contributed by atoms with van der Waals surface area (Å²) >= 11 is 0. The van der Waals surface area contributed by atoms with Crippen molar-refractivity contribution in [3.05, 3.63) is 48.5 Å². The van der Waals surface area contributed by atoms with Crippen molar-refractivity contribution in [1.82, 2.24) is 0 Å². The number of ether oxygens (including phenoxy) is 4. The highest BCUT2D eigenvalue weighted by Crippen LogP contribution is 2.43. The average molecular weight is 354 g/mol. The Morgan fingerprint density at radius 2 is 0.923 bits per heavy atom. The lowest BCUT2D eigenvalue weighted by Gasteiger charge is -2.22. The normalized spacial score (nSPS) is 13.7. The van der Waals surface area contributed by atoms with Gasteiger partial charge in [-0.25, -0.2) is 0 Å². The summed E-state index contributed by atoms with van der Waals surface area (Å²) in [6, 6.07) is 16.4. The van der Waals surface area contributed by atoms with E-state index in [4.69, 9.17) is 18.9 Å². The van der Waals surface area contributed by atoms with Crippen molar-refractivity contribution in [3.63, 3.8) is 0 Å². The number of hydrogen-bond acceptors (Lipinski definition) is 4. The van der Waals surface area contributed by atoms with Crippen molar-refractivity contribution in [2.24, 2.45) is 0 Å². The molecule has 0 heterocycles. The number of rotatable bonds is 8. The van der Waals surface area contributed by atoms with Gasteiger partial charge in [0.05, 0.1) is 13.2 Å². The maximum Gasteiger partial charge on any atom is 0.135 e. The second kappa shape index (κ2) is 8.39. The Morgan fingerprint density at radius 1 is 0.615 bits per heavy atom. The SMILES string of the molecule is COCC(C)Oc1c2ccccc2c(OC(C)COC)c2ccccc12. The number of fused-ring (bicyclic) bond motifs is 2. The van der Waals surface area contributed by atoms with Gasteiger partial charge in [0.25, 0.3) is 0 Å². The molecule has 3 aromatic rings. The number of methoxy groups -OCH3 is 2. The van der Waals surface area contributed by atoms with Crippen molar-refractivity contribution in [1.29, 1.82) is 0 Å². The topological polar surface area (TPSA) is 36.9 Å². The van der Waals surface area contributed by atoms with Gasteiger partial charge in [-0.1, -0.05) is 48.5 Å². The summed E-state index contributed by atoms with van der Waals surface area (Å²) in [5.74, 6) is 1.74. The molecule has 0 N–H and O–H groups in total. The number of benzene rings is 3. The molecule has 138 valence electrons. The molecule has 0 amide bonds. The first-order valence-corrected chi connectivity index (χ1v) is 8.90. The van der Waals surface area contributed by atoms with E-state index in [0.717, 1.165) is 33.0 Å². The summed E-state index contributed by atoms with van der Waals surface area (Å²) in [5.41, 5.74) is 0. The van der Waals surface area contributed by atoms with E-state index in [1.165, 1.54) is 0 Å². The van der Waals surface area contributed by atoms with E-state index >= 15 is 0 Å². The molecule has 0 spiro atoms. The number of hydrogen-bond donors (Lipinski definition) is 0. The maximum absolute atomic E-state index is 6.28. The molecule has 0 bridgehead atoms. The monoisotopic (exact) mass is 354 g/mol. The van der Waals surface area contributed by atoms with Gasteiger partial charge in [0.1, 0.15) is 23.7 Å². The van der Waals surface area contributed by atoms with Gasteiger partial charge in [-0.05, 0) is 13.8 Å². The van der Waals surface area contributed by atoms with Gasteiger partial charge in [-0.15, -0.1) is 0 Å². The third-order valence-electron chi connectivity index (χ3n) is 4.27. The average Bonchev–Trinajstić information content (AvgIpc) is 2.65. The van der Waals surface area contributed by atoms with Gasteiger partial charge in [0.2, 0.25) is 0 Å². The fourth-order valence-electron chi connectivity index (χ4n) is 3.24. The Balaban J connectivity index is 2.21. The molecule has 0 aromatic heterocycles. The maximum atomic E-state index is 6.28. The van der Waals surface area contributed by atoms with Gasteiger partial charge in [-0.3, -0.25) is 0 Å². The largest absolute Gasteiger partial charge is 0.487 e. The predicted octanol–water partition coefficient (Wildman–Crippen LogP) is 4.82. The Morgan fingerprint density at radius 3 is 1.19 bits per heavy atom. The minimum absolute atomic E-state index is 0.0500. The molecule has 0 aliphatic rings. The van der Waals surface area contributed by atoms with E-state index in [1.54, 1.807) is 14.2 Å². The van der Waals surface area contributed by atoms with E-state index in [-0.39, 0.29) is 12.2 Å². The highest BCUT2D eigenvalue weighted by atomic mass is 16.5. The Kier molecular flexibility index (Phi) is 5.96. The molecule has 0 radical (unpaired) electrons. The lowest BCUT2D eigenvalue weighted by molar-refractivity contribution is 0.0926. The first kappa shape index (κ1) is 18.5. The standard InChI is InChI=1S/C22H26O4/c1-15(13-23-3)25-21-17-9-5-7-11-19(17)22(26-16(2)14-24-4)20-12-8-6-10-18(20)21/h5-12,15-16H,13-14H2,1-4H3. The van der Waals surface area contributed by atoms with Crippen molar-refractivity contribution < 1.29 is 18.9 Å². The van der Waals surface area contributed by atoms with Crippen LogP contribution >= 0.6 is 0 Å². The first-order chi connectivity index (χ1) is 12.7. The molecular formula is C22H26O4. The van der Waals surface area contributed by atoms with Crippen LogP contribution in [0.5, 0.6) is 11.5 Å². The highest BCUT2D eigenvalue weighted by molar-refractivity contribution is 6.11. The molecule has 0 saturated heterocycles. The van der Waals surface area contributed by atoms with E-state index in [9.17, 15) is 0 Å². The van der Waals surface area contributed by atoms with E-state index in [0.29, 0.717) is 13.2 Å². The minimum atomic E-state index is -0.0500. The fourth-order valence-corrected chi connectivity index (χ4v) is 3.24. The second-order valence-corrected chi connectivity index (χ2v) is 6.52. The van der Waals surface area contributed by atoms with Gasteiger partial charge >= 0.3 is 0 Å². The molecule has 4 heteroatoms. The quantitative estimate of drug-likeness (QED) is 0.544. The fraction of sp³-hybridized carbons (Fsp3) is 0.364. The molecule has 0 aliphatic carbocycles. The van der Waals surface area contributed by atoms with E-state index in [1.807, 2.05) is 38.1 Å². The summed E-state index contributed by atoms with van der Waals surface area (Å²) in [7, 11) is 3.37. The van der Waals surface area contributed by atoms with Gasteiger partial charge in [0.15, 0.2) is 0 Å². The van der Waals surface area contributed by atoms with Crippen LogP contribution < -0.4 is 9.47 Å². The van der Waals surface area contributed by atoms with E-state index in [2.05, 4.69) is 24.3 Å². The van der Waals surface area contributed by atoms with Gasteiger partial charge in [-0.2, -0.15) is 0 Å². The molecule has 2 atom stereocenters. The van der Waals surface area contributed by atoms with E-state index < -0.39 is 0 Å². The van der Waals surface area contributed by atoms with Crippen molar-refractivity contribution in [2.45, 2.75) is 26.1 Å². The van der Waals surface area contributed by atoms with Crippen LogP contribution in [0.3, 0.4) is 0 Å². The third-order valence-corrected chi connectivity index (χ3v) is 4.27. The predicted molar refractivity (Wildman–Crippen MR) is 105 cm³/mol. The van der Waals surface area contributed by atoms with Crippen molar-refractivity contribution >= 4 is 21.5 Å². The van der Waals surface area contributed by atoms with Crippen molar-refractivity contribution in [2.75, 3.05) is 27.4 Å². The van der Waals surface area contributed by atoms with Gasteiger partial charge in [0, 0.05) is 35.8 Å². The zero-order valence-corrected chi connectivity index (χ0v) is 15.8. The van der Waals surface area contributed by atoms with Crippen LogP contribution in [0, 0.1) is 0 Å².